The summed E-state index contributed by atoms with van der Waals surface area (Å²) in [5.41, 5.74) is 2.94. The van der Waals surface area contributed by atoms with Gasteiger partial charge in [-0.15, -0.1) is 0 Å². The molecule has 8 heteroatoms. The molecule has 30 heavy (non-hydrogen) atoms. The number of aliphatic hydroxyl groups is 1. The van der Waals surface area contributed by atoms with E-state index in [-0.39, 0.29) is 18.6 Å². The number of rotatable bonds is 6. The topological polar surface area (TPSA) is 93.4 Å². The van der Waals surface area contributed by atoms with E-state index < -0.39 is 0 Å². The predicted molar refractivity (Wildman–Crippen MR) is 110 cm³/mol. The molecule has 8 nitrogen and oxygen atoms in total. The average molecular weight is 407 g/mol. The highest BCUT2D eigenvalue weighted by Gasteiger charge is 2.28. The minimum atomic E-state index is -0.178. The van der Waals surface area contributed by atoms with Crippen LogP contribution in [0, 0.1) is 0 Å². The molecule has 2 aromatic heterocycles. The van der Waals surface area contributed by atoms with Crippen LogP contribution in [0.5, 0.6) is 5.88 Å². The number of aliphatic hydroxyl groups excluding tert-OH is 1. The summed E-state index contributed by atoms with van der Waals surface area (Å²) in [6.07, 6.45) is 7.15. The minimum absolute atomic E-state index is 0.0751. The molecule has 1 saturated heterocycles. The van der Waals surface area contributed by atoms with Crippen molar-refractivity contribution >= 4 is 5.91 Å². The highest BCUT2D eigenvalue weighted by Crippen LogP contribution is 2.25. The lowest BCUT2D eigenvalue weighted by Gasteiger charge is -2.33. The SMILES string of the molecule is CCc1ccnc(OC2CCCN(C(=O)c3ccccc3-n3nccn3)C2)c1CO. The van der Waals surface area contributed by atoms with Crippen molar-refractivity contribution < 1.29 is 14.6 Å². The Morgan fingerprint density at radius 2 is 2.00 bits per heavy atom. The zero-order chi connectivity index (χ0) is 20.9. The van der Waals surface area contributed by atoms with E-state index >= 15 is 0 Å². The van der Waals surface area contributed by atoms with E-state index in [1.165, 1.54) is 4.80 Å². The van der Waals surface area contributed by atoms with Gasteiger partial charge in [0.05, 0.1) is 36.8 Å². The maximum atomic E-state index is 13.3. The van der Waals surface area contributed by atoms with Crippen molar-refractivity contribution in [3.05, 3.63) is 65.6 Å². The maximum absolute atomic E-state index is 13.3. The summed E-state index contributed by atoms with van der Waals surface area (Å²) < 4.78 is 6.14. The van der Waals surface area contributed by atoms with E-state index in [0.29, 0.717) is 30.2 Å². The molecule has 0 spiro atoms. The van der Waals surface area contributed by atoms with Crippen LogP contribution in [0.3, 0.4) is 0 Å². The number of pyridine rings is 1. The molecule has 1 amide bonds. The van der Waals surface area contributed by atoms with Crippen LogP contribution in [-0.4, -0.2) is 55.1 Å². The second kappa shape index (κ2) is 9.04. The van der Waals surface area contributed by atoms with Gasteiger partial charge in [-0.25, -0.2) is 4.98 Å². The van der Waals surface area contributed by atoms with Gasteiger partial charge in [0, 0.05) is 18.3 Å². The van der Waals surface area contributed by atoms with Crippen LogP contribution in [0.15, 0.2) is 48.9 Å². The first kappa shape index (κ1) is 20.0. The molecule has 1 aliphatic rings. The van der Waals surface area contributed by atoms with Gasteiger partial charge in [0.1, 0.15) is 6.10 Å². The van der Waals surface area contributed by atoms with E-state index in [2.05, 4.69) is 15.2 Å². The molecule has 4 rings (SSSR count). The number of carbonyl (C=O) groups is 1. The third-order valence-electron chi connectivity index (χ3n) is 5.36. The van der Waals surface area contributed by atoms with Crippen molar-refractivity contribution in [3.63, 3.8) is 0 Å². The van der Waals surface area contributed by atoms with Crippen LogP contribution >= 0.6 is 0 Å². The van der Waals surface area contributed by atoms with Gasteiger partial charge in [-0.1, -0.05) is 19.1 Å². The fourth-order valence-electron chi connectivity index (χ4n) is 3.83. The lowest BCUT2D eigenvalue weighted by atomic mass is 10.0. The van der Waals surface area contributed by atoms with Crippen LogP contribution in [0.2, 0.25) is 0 Å². The maximum Gasteiger partial charge on any atom is 0.256 e. The molecule has 0 bridgehead atoms. The molecule has 1 aliphatic heterocycles. The summed E-state index contributed by atoms with van der Waals surface area (Å²) in [5.74, 6) is 0.381. The molecule has 3 aromatic rings. The number of aryl methyl sites for hydroxylation is 1. The van der Waals surface area contributed by atoms with Crippen molar-refractivity contribution in [2.24, 2.45) is 0 Å². The van der Waals surface area contributed by atoms with Gasteiger partial charge < -0.3 is 14.7 Å². The second-order valence-electron chi connectivity index (χ2n) is 7.23. The molecule has 1 atom stereocenters. The molecular formula is C22H25N5O3. The lowest BCUT2D eigenvalue weighted by molar-refractivity contribution is 0.0521. The van der Waals surface area contributed by atoms with Gasteiger partial charge in [0.25, 0.3) is 5.91 Å². The second-order valence-corrected chi connectivity index (χ2v) is 7.23. The Kier molecular flexibility index (Phi) is 6.04. The first-order valence-corrected chi connectivity index (χ1v) is 10.2. The van der Waals surface area contributed by atoms with E-state index in [0.717, 1.165) is 30.4 Å². The molecule has 0 radical (unpaired) electrons. The number of aromatic nitrogens is 4. The Labute approximate surface area is 175 Å². The zero-order valence-electron chi connectivity index (χ0n) is 16.9. The van der Waals surface area contributed by atoms with E-state index in [1.54, 1.807) is 29.6 Å². The van der Waals surface area contributed by atoms with E-state index in [4.69, 9.17) is 4.74 Å². The molecule has 0 saturated carbocycles. The number of amides is 1. The summed E-state index contributed by atoms with van der Waals surface area (Å²) >= 11 is 0. The number of carbonyl (C=O) groups excluding carboxylic acids is 1. The average Bonchev–Trinajstić information content (AvgIpc) is 3.33. The fraction of sp³-hybridized carbons (Fsp3) is 0.364. The summed E-state index contributed by atoms with van der Waals surface area (Å²) in [4.78, 5) is 20.9. The molecular weight excluding hydrogens is 382 g/mol. The third kappa shape index (κ3) is 4.04. The third-order valence-corrected chi connectivity index (χ3v) is 5.36. The van der Waals surface area contributed by atoms with Crippen molar-refractivity contribution in [2.75, 3.05) is 13.1 Å². The predicted octanol–water partition coefficient (Wildman–Crippen LogP) is 2.40. The molecule has 0 aliphatic carbocycles. The summed E-state index contributed by atoms with van der Waals surface area (Å²) in [6, 6.07) is 9.22. The summed E-state index contributed by atoms with van der Waals surface area (Å²) in [7, 11) is 0. The Bertz CT molecular complexity index is 1010. The molecule has 1 unspecified atom stereocenters. The van der Waals surface area contributed by atoms with Crippen molar-refractivity contribution in [1.82, 2.24) is 24.9 Å². The Balaban J connectivity index is 1.52. The number of para-hydroxylation sites is 1. The molecule has 1 N–H and O–H groups in total. The highest BCUT2D eigenvalue weighted by atomic mass is 16.5. The Morgan fingerprint density at radius 3 is 2.77 bits per heavy atom. The molecule has 1 fully saturated rings. The van der Waals surface area contributed by atoms with E-state index in [9.17, 15) is 9.90 Å². The van der Waals surface area contributed by atoms with Gasteiger partial charge >= 0.3 is 0 Å². The minimum Gasteiger partial charge on any atom is -0.472 e. The molecule has 156 valence electrons. The van der Waals surface area contributed by atoms with Gasteiger partial charge in [0.2, 0.25) is 5.88 Å². The normalized spacial score (nSPS) is 16.5. The lowest BCUT2D eigenvalue weighted by Crippen LogP contribution is -2.44. The van der Waals surface area contributed by atoms with Gasteiger partial charge in [-0.2, -0.15) is 15.0 Å². The van der Waals surface area contributed by atoms with Gasteiger partial charge in [-0.05, 0) is 43.0 Å². The number of piperidine rings is 1. The monoisotopic (exact) mass is 407 g/mol. The quantitative estimate of drug-likeness (QED) is 0.674. The van der Waals surface area contributed by atoms with Gasteiger partial charge in [0.15, 0.2) is 0 Å². The largest absolute Gasteiger partial charge is 0.472 e. The standard InChI is InChI=1S/C22H25N5O3/c1-2-16-9-10-23-21(19(16)15-28)30-17-6-5-13-26(14-17)22(29)18-7-3-4-8-20(18)27-24-11-12-25-27/h3-4,7-12,17,28H,2,5-6,13-15H2,1H3. The van der Waals surface area contributed by atoms with E-state index in [1.807, 2.05) is 31.2 Å². The number of nitrogens with zero attached hydrogens (tertiary/aromatic N) is 5. The Hall–Kier alpha value is -3.26. The Morgan fingerprint density at radius 1 is 1.20 bits per heavy atom. The van der Waals surface area contributed by atoms with Crippen LogP contribution in [0.25, 0.3) is 5.69 Å². The van der Waals surface area contributed by atoms with Gasteiger partial charge in [-0.3, -0.25) is 4.79 Å². The summed E-state index contributed by atoms with van der Waals surface area (Å²) in [6.45, 7) is 3.04. The number of hydrogen-bond acceptors (Lipinski definition) is 6. The number of ether oxygens (including phenoxy) is 1. The van der Waals surface area contributed by atoms with Crippen LogP contribution in [-0.2, 0) is 13.0 Å². The highest BCUT2D eigenvalue weighted by molar-refractivity contribution is 5.97. The number of likely N-dealkylation sites (tertiary alicyclic amines) is 1. The van der Waals surface area contributed by atoms with Crippen LogP contribution in [0.1, 0.15) is 41.3 Å². The van der Waals surface area contributed by atoms with Crippen LogP contribution in [0.4, 0.5) is 0 Å². The molecule has 3 heterocycles. The van der Waals surface area contributed by atoms with Crippen molar-refractivity contribution in [3.8, 4) is 11.6 Å². The zero-order valence-corrected chi connectivity index (χ0v) is 16.9. The van der Waals surface area contributed by atoms with Crippen molar-refractivity contribution in [1.29, 1.82) is 0 Å². The summed E-state index contributed by atoms with van der Waals surface area (Å²) in [5, 5.41) is 18.1. The first-order chi connectivity index (χ1) is 14.7. The van der Waals surface area contributed by atoms with Crippen LogP contribution < -0.4 is 4.74 Å². The fourth-order valence-corrected chi connectivity index (χ4v) is 3.83. The smallest absolute Gasteiger partial charge is 0.256 e. The molecule has 1 aromatic carbocycles. The van der Waals surface area contributed by atoms with Crippen molar-refractivity contribution in [2.45, 2.75) is 38.9 Å². The first-order valence-electron chi connectivity index (χ1n) is 10.2. The number of benzene rings is 1. The number of hydrogen-bond donors (Lipinski definition) is 1.